The summed E-state index contributed by atoms with van der Waals surface area (Å²) in [5.74, 6) is -1.74. The lowest BCUT2D eigenvalue weighted by molar-refractivity contribution is -0.138. The Morgan fingerprint density at radius 1 is 1.07 bits per heavy atom. The fraction of sp³-hybridized carbons (Fsp3) is 0.286. The molecule has 0 heterocycles. The first kappa shape index (κ1) is 21.1. The molecule has 7 heteroatoms. The minimum atomic E-state index is -0.580. The van der Waals surface area contributed by atoms with Gasteiger partial charge >= 0.3 is 5.97 Å². The molecule has 0 unspecified atom stereocenters. The average molecular weight is 386 g/mol. The number of nitrogens with one attached hydrogen (secondary N) is 1. The highest BCUT2D eigenvalue weighted by molar-refractivity contribution is 5.93. The van der Waals surface area contributed by atoms with E-state index in [1.54, 1.807) is 50.2 Å². The molecular weight excluding hydrogens is 363 g/mol. The van der Waals surface area contributed by atoms with Gasteiger partial charge in [-0.3, -0.25) is 9.59 Å². The number of carbonyl (C=O) groups excluding carboxylic acids is 3. The summed E-state index contributed by atoms with van der Waals surface area (Å²) in [5.41, 5.74) is 1.90. The van der Waals surface area contributed by atoms with Gasteiger partial charge in [0.2, 0.25) is 5.91 Å². The van der Waals surface area contributed by atoms with Crippen LogP contribution in [0.1, 0.15) is 28.4 Å². The molecule has 0 aliphatic rings. The van der Waals surface area contributed by atoms with Crippen molar-refractivity contribution in [1.82, 2.24) is 10.2 Å². The van der Waals surface area contributed by atoms with Crippen molar-refractivity contribution in [1.29, 1.82) is 0 Å². The van der Waals surface area contributed by atoms with E-state index in [1.807, 2.05) is 0 Å². The number of amides is 2. The van der Waals surface area contributed by atoms with Gasteiger partial charge in [-0.25, -0.2) is 9.18 Å². The van der Waals surface area contributed by atoms with Gasteiger partial charge < -0.3 is 15.0 Å². The van der Waals surface area contributed by atoms with Crippen molar-refractivity contribution in [2.75, 3.05) is 19.7 Å². The van der Waals surface area contributed by atoms with Crippen LogP contribution >= 0.6 is 0 Å². The van der Waals surface area contributed by atoms with Gasteiger partial charge in [0.1, 0.15) is 5.82 Å². The van der Waals surface area contributed by atoms with Crippen molar-refractivity contribution < 1.29 is 23.5 Å². The van der Waals surface area contributed by atoms with Crippen molar-refractivity contribution in [3.05, 3.63) is 71.0 Å². The zero-order chi connectivity index (χ0) is 20.5. The second kappa shape index (κ2) is 10.2. The second-order valence-corrected chi connectivity index (χ2v) is 6.20. The summed E-state index contributed by atoms with van der Waals surface area (Å²) in [4.78, 5) is 37.7. The smallest absolute Gasteiger partial charge is 0.338 e. The van der Waals surface area contributed by atoms with E-state index >= 15 is 0 Å². The number of benzene rings is 2. The zero-order valence-corrected chi connectivity index (χ0v) is 15.9. The van der Waals surface area contributed by atoms with Gasteiger partial charge in [-0.15, -0.1) is 0 Å². The predicted molar refractivity (Wildman–Crippen MR) is 102 cm³/mol. The van der Waals surface area contributed by atoms with E-state index in [0.29, 0.717) is 12.1 Å². The van der Waals surface area contributed by atoms with Crippen LogP contribution in [0.5, 0.6) is 0 Å². The number of aryl methyl sites for hydroxylation is 1. The SMILES string of the molecule is CCN(CC(=O)NCc1ccc(F)cc1)C(=O)COC(=O)c1ccccc1C. The Labute approximate surface area is 163 Å². The third kappa shape index (κ3) is 6.19. The summed E-state index contributed by atoms with van der Waals surface area (Å²) in [6, 6.07) is 12.7. The van der Waals surface area contributed by atoms with Crippen LogP contribution in [-0.2, 0) is 20.9 Å². The largest absolute Gasteiger partial charge is 0.452 e. The molecule has 0 bridgehead atoms. The Morgan fingerprint density at radius 2 is 1.75 bits per heavy atom. The lowest BCUT2D eigenvalue weighted by Crippen LogP contribution is -2.42. The Kier molecular flexibility index (Phi) is 7.68. The number of nitrogens with zero attached hydrogens (tertiary/aromatic N) is 1. The molecule has 0 atom stereocenters. The lowest BCUT2D eigenvalue weighted by Gasteiger charge is -2.20. The third-order valence-electron chi connectivity index (χ3n) is 4.16. The molecular formula is C21H23FN2O4. The maximum atomic E-state index is 12.9. The standard InChI is InChI=1S/C21H23FN2O4/c1-3-24(13-19(25)23-12-16-8-10-17(22)11-9-16)20(26)14-28-21(27)18-7-5-4-6-15(18)2/h4-11H,3,12-14H2,1-2H3,(H,23,25). The van der Waals surface area contributed by atoms with Crippen molar-refractivity contribution in [3.8, 4) is 0 Å². The molecule has 0 aliphatic carbocycles. The molecule has 2 aromatic carbocycles. The number of hydrogen-bond donors (Lipinski definition) is 1. The molecule has 0 saturated carbocycles. The first-order chi connectivity index (χ1) is 13.4. The van der Waals surface area contributed by atoms with Gasteiger partial charge in [0, 0.05) is 13.1 Å². The van der Waals surface area contributed by atoms with Gasteiger partial charge in [0.25, 0.3) is 5.91 Å². The van der Waals surface area contributed by atoms with E-state index in [1.165, 1.54) is 17.0 Å². The van der Waals surface area contributed by atoms with E-state index in [4.69, 9.17) is 4.74 Å². The van der Waals surface area contributed by atoms with Gasteiger partial charge in [0.05, 0.1) is 12.1 Å². The molecule has 148 valence electrons. The molecule has 2 aromatic rings. The Balaban J connectivity index is 1.81. The van der Waals surface area contributed by atoms with Crippen molar-refractivity contribution in [3.63, 3.8) is 0 Å². The number of ether oxygens (including phenoxy) is 1. The third-order valence-corrected chi connectivity index (χ3v) is 4.16. The number of rotatable bonds is 8. The summed E-state index contributed by atoms with van der Waals surface area (Å²) in [7, 11) is 0. The molecule has 0 spiro atoms. The summed E-state index contributed by atoms with van der Waals surface area (Å²) < 4.78 is 18.0. The minimum absolute atomic E-state index is 0.154. The van der Waals surface area contributed by atoms with Crippen LogP contribution in [-0.4, -0.2) is 42.4 Å². The summed E-state index contributed by atoms with van der Waals surface area (Å²) in [6.45, 7) is 3.44. The van der Waals surface area contributed by atoms with Gasteiger partial charge in [-0.05, 0) is 43.2 Å². The Morgan fingerprint density at radius 3 is 2.39 bits per heavy atom. The predicted octanol–water partition coefficient (Wildman–Crippen LogP) is 2.46. The monoisotopic (exact) mass is 386 g/mol. The number of likely N-dealkylation sites (N-methyl/N-ethyl adjacent to an activating group) is 1. The summed E-state index contributed by atoms with van der Waals surface area (Å²) in [6.07, 6.45) is 0. The highest BCUT2D eigenvalue weighted by Crippen LogP contribution is 2.08. The molecule has 1 N–H and O–H groups in total. The van der Waals surface area contributed by atoms with Crippen LogP contribution in [0.3, 0.4) is 0 Å². The van der Waals surface area contributed by atoms with Crippen LogP contribution in [0.2, 0.25) is 0 Å². The number of halogens is 1. The number of esters is 1. The topological polar surface area (TPSA) is 75.7 Å². The molecule has 0 saturated heterocycles. The van der Waals surface area contributed by atoms with Crippen LogP contribution < -0.4 is 5.32 Å². The first-order valence-electron chi connectivity index (χ1n) is 8.92. The molecule has 0 radical (unpaired) electrons. The zero-order valence-electron chi connectivity index (χ0n) is 15.9. The van der Waals surface area contributed by atoms with Crippen molar-refractivity contribution in [2.24, 2.45) is 0 Å². The van der Waals surface area contributed by atoms with E-state index in [2.05, 4.69) is 5.32 Å². The van der Waals surface area contributed by atoms with Crippen LogP contribution in [0.4, 0.5) is 4.39 Å². The summed E-state index contributed by atoms with van der Waals surface area (Å²) in [5, 5.41) is 2.67. The highest BCUT2D eigenvalue weighted by Gasteiger charge is 2.18. The fourth-order valence-corrected chi connectivity index (χ4v) is 2.51. The molecule has 28 heavy (non-hydrogen) atoms. The molecule has 6 nitrogen and oxygen atoms in total. The molecule has 2 amide bonds. The van der Waals surface area contributed by atoms with E-state index in [-0.39, 0.29) is 24.8 Å². The van der Waals surface area contributed by atoms with Crippen LogP contribution in [0, 0.1) is 12.7 Å². The minimum Gasteiger partial charge on any atom is -0.452 e. The Bertz CT molecular complexity index is 837. The maximum Gasteiger partial charge on any atom is 0.338 e. The van der Waals surface area contributed by atoms with E-state index < -0.39 is 18.5 Å². The fourth-order valence-electron chi connectivity index (χ4n) is 2.51. The lowest BCUT2D eigenvalue weighted by atomic mass is 10.1. The molecule has 0 aromatic heterocycles. The average Bonchev–Trinajstić information content (AvgIpc) is 2.69. The maximum absolute atomic E-state index is 12.9. The van der Waals surface area contributed by atoms with Crippen molar-refractivity contribution >= 4 is 17.8 Å². The quantitative estimate of drug-likeness (QED) is 0.707. The van der Waals surface area contributed by atoms with Gasteiger partial charge in [-0.2, -0.15) is 0 Å². The van der Waals surface area contributed by atoms with Gasteiger partial charge in [-0.1, -0.05) is 30.3 Å². The summed E-state index contributed by atoms with van der Waals surface area (Å²) >= 11 is 0. The molecule has 2 rings (SSSR count). The van der Waals surface area contributed by atoms with E-state index in [0.717, 1.165) is 11.1 Å². The Hall–Kier alpha value is -3.22. The van der Waals surface area contributed by atoms with Gasteiger partial charge in [0.15, 0.2) is 6.61 Å². The van der Waals surface area contributed by atoms with Crippen LogP contribution in [0.25, 0.3) is 0 Å². The normalized spacial score (nSPS) is 10.2. The number of carbonyl (C=O) groups is 3. The number of hydrogen-bond acceptors (Lipinski definition) is 4. The highest BCUT2D eigenvalue weighted by atomic mass is 19.1. The molecule has 0 aliphatic heterocycles. The second-order valence-electron chi connectivity index (χ2n) is 6.20. The van der Waals surface area contributed by atoms with Crippen molar-refractivity contribution in [2.45, 2.75) is 20.4 Å². The molecule has 0 fully saturated rings. The first-order valence-corrected chi connectivity index (χ1v) is 8.92. The van der Waals surface area contributed by atoms with E-state index in [9.17, 15) is 18.8 Å². The van der Waals surface area contributed by atoms with Crippen LogP contribution in [0.15, 0.2) is 48.5 Å².